The summed E-state index contributed by atoms with van der Waals surface area (Å²) in [7, 11) is 0. The van der Waals surface area contributed by atoms with Gasteiger partial charge < -0.3 is 10.1 Å². The molecule has 1 aromatic rings. The van der Waals surface area contributed by atoms with Crippen LogP contribution in [0.4, 0.5) is 0 Å². The molecule has 2 saturated heterocycles. The average molecular weight is 293 g/mol. The van der Waals surface area contributed by atoms with Crippen LogP contribution < -0.4 is 5.32 Å². The highest BCUT2D eigenvalue weighted by molar-refractivity contribution is 4.94. The zero-order chi connectivity index (χ0) is 14.7. The molecule has 0 unspecified atom stereocenters. The van der Waals surface area contributed by atoms with Crippen LogP contribution in [0.15, 0.2) is 6.20 Å². The summed E-state index contributed by atoms with van der Waals surface area (Å²) in [6, 6.07) is 0. The van der Waals surface area contributed by atoms with Gasteiger partial charge in [-0.1, -0.05) is 5.21 Å². The lowest BCUT2D eigenvalue weighted by Gasteiger charge is -2.37. The second-order valence-corrected chi connectivity index (χ2v) is 6.96. The Labute approximate surface area is 126 Å². The first-order valence-electron chi connectivity index (χ1n) is 8.07. The zero-order valence-electron chi connectivity index (χ0n) is 13.2. The second kappa shape index (κ2) is 6.42. The third-order valence-electron chi connectivity index (χ3n) is 4.32. The monoisotopic (exact) mass is 293 g/mol. The number of piperidine rings is 1. The molecule has 6 nitrogen and oxygen atoms in total. The Balaban J connectivity index is 1.52. The summed E-state index contributed by atoms with van der Waals surface area (Å²) < 4.78 is 7.76. The van der Waals surface area contributed by atoms with Crippen molar-refractivity contribution in [3.63, 3.8) is 0 Å². The van der Waals surface area contributed by atoms with Crippen LogP contribution in [0.5, 0.6) is 0 Å². The molecule has 0 radical (unpaired) electrons. The van der Waals surface area contributed by atoms with E-state index in [1.807, 2.05) is 4.68 Å². The Kier molecular flexibility index (Phi) is 4.57. The molecule has 0 amide bonds. The van der Waals surface area contributed by atoms with Crippen molar-refractivity contribution in [2.24, 2.45) is 5.92 Å². The second-order valence-electron chi connectivity index (χ2n) is 6.96. The molecule has 1 N–H and O–H groups in total. The van der Waals surface area contributed by atoms with Gasteiger partial charge in [0.25, 0.3) is 0 Å². The predicted octanol–water partition coefficient (Wildman–Crippen LogP) is 0.889. The van der Waals surface area contributed by atoms with Gasteiger partial charge in [-0.15, -0.1) is 5.10 Å². The maximum Gasteiger partial charge on any atom is 0.0967 e. The molecule has 118 valence electrons. The average Bonchev–Trinajstić information content (AvgIpc) is 2.86. The van der Waals surface area contributed by atoms with E-state index in [2.05, 4.69) is 40.6 Å². The van der Waals surface area contributed by atoms with Crippen LogP contribution in [-0.2, 0) is 17.8 Å². The van der Waals surface area contributed by atoms with Crippen LogP contribution in [-0.4, -0.2) is 58.3 Å². The van der Waals surface area contributed by atoms with Gasteiger partial charge >= 0.3 is 0 Å². The summed E-state index contributed by atoms with van der Waals surface area (Å²) in [5, 5.41) is 12.1. The number of hydrogen-bond acceptors (Lipinski definition) is 5. The summed E-state index contributed by atoms with van der Waals surface area (Å²) in [5.41, 5.74) is 1.01. The van der Waals surface area contributed by atoms with E-state index in [0.717, 1.165) is 51.6 Å². The molecule has 0 spiro atoms. The first-order valence-corrected chi connectivity index (χ1v) is 8.07. The maximum absolute atomic E-state index is 5.75. The fourth-order valence-corrected chi connectivity index (χ4v) is 3.32. The van der Waals surface area contributed by atoms with E-state index in [4.69, 9.17) is 4.74 Å². The topological polar surface area (TPSA) is 55.2 Å². The third-order valence-corrected chi connectivity index (χ3v) is 4.32. The van der Waals surface area contributed by atoms with Crippen LogP contribution in [0.2, 0.25) is 0 Å². The van der Waals surface area contributed by atoms with Gasteiger partial charge in [0.05, 0.1) is 17.9 Å². The van der Waals surface area contributed by atoms with Crippen molar-refractivity contribution in [2.45, 2.75) is 45.4 Å². The SMILES string of the molecule is CC1(C)CN(Cc2cn(C[C@H]3CCCNC3)nn2)CCO1. The fourth-order valence-electron chi connectivity index (χ4n) is 3.32. The van der Waals surface area contributed by atoms with E-state index in [0.29, 0.717) is 5.92 Å². The lowest BCUT2D eigenvalue weighted by atomic mass is 10.00. The molecular weight excluding hydrogens is 266 g/mol. The molecular formula is C15H27N5O. The molecule has 0 bridgehead atoms. The van der Waals surface area contributed by atoms with E-state index in [1.54, 1.807) is 0 Å². The molecule has 21 heavy (non-hydrogen) atoms. The first kappa shape index (κ1) is 14.9. The summed E-state index contributed by atoms with van der Waals surface area (Å²) in [6.07, 6.45) is 4.67. The molecule has 3 heterocycles. The van der Waals surface area contributed by atoms with Crippen molar-refractivity contribution in [3.05, 3.63) is 11.9 Å². The Morgan fingerprint density at radius 2 is 2.38 bits per heavy atom. The number of nitrogens with zero attached hydrogens (tertiary/aromatic N) is 4. The highest BCUT2D eigenvalue weighted by atomic mass is 16.5. The lowest BCUT2D eigenvalue weighted by Crippen LogP contribution is -2.47. The van der Waals surface area contributed by atoms with E-state index in [-0.39, 0.29) is 5.60 Å². The van der Waals surface area contributed by atoms with Gasteiger partial charge in [0.1, 0.15) is 0 Å². The summed E-state index contributed by atoms with van der Waals surface area (Å²) in [6.45, 7) is 11.1. The van der Waals surface area contributed by atoms with Gasteiger partial charge in [-0.05, 0) is 45.7 Å². The maximum atomic E-state index is 5.75. The molecule has 2 aliphatic rings. The van der Waals surface area contributed by atoms with E-state index >= 15 is 0 Å². The van der Waals surface area contributed by atoms with Gasteiger partial charge in [-0.25, -0.2) is 0 Å². The third kappa shape index (κ3) is 4.25. The highest BCUT2D eigenvalue weighted by Gasteiger charge is 2.27. The molecule has 6 heteroatoms. The van der Waals surface area contributed by atoms with E-state index in [1.165, 1.54) is 12.8 Å². The van der Waals surface area contributed by atoms with Gasteiger partial charge in [-0.2, -0.15) is 0 Å². The Morgan fingerprint density at radius 3 is 3.14 bits per heavy atom. The number of hydrogen-bond donors (Lipinski definition) is 1. The van der Waals surface area contributed by atoms with Crippen molar-refractivity contribution in [1.29, 1.82) is 0 Å². The Bertz CT molecular complexity index is 453. The van der Waals surface area contributed by atoms with Crippen LogP contribution in [0.3, 0.4) is 0 Å². The molecule has 0 aromatic carbocycles. The van der Waals surface area contributed by atoms with Crippen LogP contribution in [0, 0.1) is 5.92 Å². The van der Waals surface area contributed by atoms with Crippen molar-refractivity contribution >= 4 is 0 Å². The number of nitrogens with one attached hydrogen (secondary N) is 1. The Hall–Kier alpha value is -0.980. The fraction of sp³-hybridized carbons (Fsp3) is 0.867. The molecule has 0 aliphatic carbocycles. The molecule has 3 rings (SSSR count). The highest BCUT2D eigenvalue weighted by Crippen LogP contribution is 2.18. The van der Waals surface area contributed by atoms with Crippen molar-refractivity contribution in [1.82, 2.24) is 25.2 Å². The van der Waals surface area contributed by atoms with E-state index in [9.17, 15) is 0 Å². The quantitative estimate of drug-likeness (QED) is 0.893. The molecule has 1 aromatic heterocycles. The van der Waals surface area contributed by atoms with Crippen LogP contribution in [0.1, 0.15) is 32.4 Å². The predicted molar refractivity (Wildman–Crippen MR) is 80.9 cm³/mol. The number of morpholine rings is 1. The van der Waals surface area contributed by atoms with Crippen molar-refractivity contribution < 1.29 is 4.74 Å². The van der Waals surface area contributed by atoms with Crippen molar-refractivity contribution in [3.8, 4) is 0 Å². The van der Waals surface area contributed by atoms with Crippen LogP contribution >= 0.6 is 0 Å². The standard InChI is InChI=1S/C15H27N5O/c1-15(2)12-19(6-7-21-15)10-14-11-20(18-17-14)9-13-4-3-5-16-8-13/h11,13,16H,3-10,12H2,1-2H3/t13-/m0/s1. The molecule has 2 fully saturated rings. The van der Waals surface area contributed by atoms with Crippen molar-refractivity contribution in [2.75, 3.05) is 32.8 Å². The minimum absolute atomic E-state index is 0.0536. The first-order chi connectivity index (χ1) is 10.1. The summed E-state index contributed by atoms with van der Waals surface area (Å²) in [5.74, 6) is 0.690. The van der Waals surface area contributed by atoms with E-state index < -0.39 is 0 Å². The minimum atomic E-state index is -0.0536. The molecule has 0 saturated carbocycles. The van der Waals surface area contributed by atoms with Gasteiger partial charge in [0.15, 0.2) is 0 Å². The molecule has 2 aliphatic heterocycles. The number of rotatable bonds is 4. The largest absolute Gasteiger partial charge is 0.373 e. The van der Waals surface area contributed by atoms with Crippen LogP contribution in [0.25, 0.3) is 0 Å². The Morgan fingerprint density at radius 1 is 1.48 bits per heavy atom. The number of aromatic nitrogens is 3. The minimum Gasteiger partial charge on any atom is -0.373 e. The zero-order valence-corrected chi connectivity index (χ0v) is 13.2. The van der Waals surface area contributed by atoms with Gasteiger partial charge in [0.2, 0.25) is 0 Å². The lowest BCUT2D eigenvalue weighted by molar-refractivity contribution is -0.0885. The summed E-state index contributed by atoms with van der Waals surface area (Å²) in [4.78, 5) is 2.40. The normalized spacial score (nSPS) is 26.9. The summed E-state index contributed by atoms with van der Waals surface area (Å²) >= 11 is 0. The van der Waals surface area contributed by atoms with Gasteiger partial charge in [-0.3, -0.25) is 9.58 Å². The van der Waals surface area contributed by atoms with Gasteiger partial charge in [0, 0.05) is 32.4 Å². The number of ether oxygens (including phenoxy) is 1. The molecule has 1 atom stereocenters. The smallest absolute Gasteiger partial charge is 0.0967 e.